The van der Waals surface area contributed by atoms with Crippen molar-refractivity contribution >= 4 is 11.8 Å². The highest BCUT2D eigenvalue weighted by Gasteiger charge is 2.27. The third-order valence-electron chi connectivity index (χ3n) is 6.45. The Labute approximate surface area is 183 Å². The summed E-state index contributed by atoms with van der Waals surface area (Å²) >= 11 is 0. The van der Waals surface area contributed by atoms with Gasteiger partial charge in [-0.15, -0.1) is 0 Å². The number of unbranched alkanes of at least 4 members (excludes halogenated alkanes) is 6. The van der Waals surface area contributed by atoms with E-state index in [-0.39, 0.29) is 17.7 Å². The van der Waals surface area contributed by atoms with Gasteiger partial charge in [0.25, 0.3) is 0 Å². The van der Waals surface area contributed by atoms with E-state index in [1.54, 1.807) is 0 Å². The molecule has 0 aromatic heterocycles. The Kier molecular flexibility index (Phi) is 11.6. The van der Waals surface area contributed by atoms with E-state index < -0.39 is 0 Å². The van der Waals surface area contributed by atoms with Gasteiger partial charge in [-0.2, -0.15) is 0 Å². The Morgan fingerprint density at radius 2 is 1.43 bits per heavy atom. The molecule has 0 atom stereocenters. The quantitative estimate of drug-likeness (QED) is 0.316. The van der Waals surface area contributed by atoms with Crippen LogP contribution >= 0.6 is 0 Å². The summed E-state index contributed by atoms with van der Waals surface area (Å²) in [5.41, 5.74) is 8.09. The molecule has 0 radical (unpaired) electrons. The van der Waals surface area contributed by atoms with Gasteiger partial charge >= 0.3 is 0 Å². The van der Waals surface area contributed by atoms with Crippen LogP contribution in [0.3, 0.4) is 0 Å². The third kappa shape index (κ3) is 8.89. The number of aryl methyl sites for hydroxylation is 1. The van der Waals surface area contributed by atoms with E-state index >= 15 is 0 Å². The Hall–Kier alpha value is -1.84. The number of hydrogen-bond donors (Lipinski definition) is 2. The van der Waals surface area contributed by atoms with Crippen LogP contribution in [0, 0.1) is 5.92 Å². The first-order valence-electron chi connectivity index (χ1n) is 12.3. The van der Waals surface area contributed by atoms with Crippen LogP contribution in [0.5, 0.6) is 0 Å². The largest absolute Gasteiger partial charge is 0.273 e. The lowest BCUT2D eigenvalue weighted by molar-refractivity contribution is -0.132. The molecule has 0 aliphatic heterocycles. The van der Waals surface area contributed by atoms with Crippen molar-refractivity contribution in [1.29, 1.82) is 0 Å². The molecule has 0 saturated heterocycles. The molecule has 168 valence electrons. The van der Waals surface area contributed by atoms with Crippen molar-refractivity contribution in [1.82, 2.24) is 10.9 Å². The molecule has 4 heteroatoms. The first-order valence-corrected chi connectivity index (χ1v) is 12.3. The molecule has 30 heavy (non-hydrogen) atoms. The number of nitrogens with one attached hydrogen (secondary N) is 2. The molecule has 4 nitrogen and oxygen atoms in total. The van der Waals surface area contributed by atoms with Crippen LogP contribution in [0.15, 0.2) is 24.3 Å². The molecule has 1 aromatic carbocycles. The zero-order chi connectivity index (χ0) is 21.6. The van der Waals surface area contributed by atoms with E-state index in [1.807, 2.05) is 0 Å². The smallest absolute Gasteiger partial charge is 0.241 e. The van der Waals surface area contributed by atoms with Gasteiger partial charge in [0, 0.05) is 12.3 Å². The van der Waals surface area contributed by atoms with Crippen LogP contribution in [0.1, 0.15) is 114 Å². The Bertz CT molecular complexity index is 618. The molecule has 0 unspecified atom stereocenters. The number of hydrazine groups is 1. The maximum atomic E-state index is 12.4. The van der Waals surface area contributed by atoms with Crippen LogP contribution in [0.4, 0.5) is 0 Å². The fraction of sp³-hybridized carbons (Fsp3) is 0.692. The lowest BCUT2D eigenvalue weighted by atomic mass is 9.78. The molecule has 1 aromatic rings. The van der Waals surface area contributed by atoms with Crippen molar-refractivity contribution in [2.24, 2.45) is 5.92 Å². The lowest BCUT2D eigenvalue weighted by Crippen LogP contribution is -2.45. The summed E-state index contributed by atoms with van der Waals surface area (Å²) in [5.74, 6) is 0.461. The average Bonchev–Trinajstić information content (AvgIpc) is 2.78. The minimum atomic E-state index is -0.0763. The van der Waals surface area contributed by atoms with Crippen molar-refractivity contribution in [3.05, 3.63) is 35.4 Å². The molecule has 2 N–H and O–H groups in total. The monoisotopic (exact) mass is 414 g/mol. The van der Waals surface area contributed by atoms with Crippen LogP contribution < -0.4 is 10.9 Å². The maximum Gasteiger partial charge on any atom is 0.241 e. The van der Waals surface area contributed by atoms with Crippen molar-refractivity contribution < 1.29 is 9.59 Å². The second-order valence-electron chi connectivity index (χ2n) is 8.95. The number of benzene rings is 1. The van der Waals surface area contributed by atoms with Crippen molar-refractivity contribution in [3.8, 4) is 0 Å². The highest BCUT2D eigenvalue weighted by molar-refractivity contribution is 5.83. The summed E-state index contributed by atoms with van der Waals surface area (Å²) in [6.07, 6.45) is 14.9. The van der Waals surface area contributed by atoms with Gasteiger partial charge < -0.3 is 0 Å². The molecule has 1 saturated carbocycles. The van der Waals surface area contributed by atoms with E-state index in [0.29, 0.717) is 12.3 Å². The number of rotatable bonds is 12. The van der Waals surface area contributed by atoms with Crippen LogP contribution in [0.2, 0.25) is 0 Å². The number of carbonyl (C=O) groups is 2. The lowest BCUT2D eigenvalue weighted by Gasteiger charge is -2.28. The molecule has 1 fully saturated rings. The molecular weight excluding hydrogens is 372 g/mol. The molecule has 0 spiro atoms. The van der Waals surface area contributed by atoms with Crippen molar-refractivity contribution in [2.45, 2.75) is 110 Å². The van der Waals surface area contributed by atoms with Gasteiger partial charge in [0.15, 0.2) is 0 Å². The first kappa shape index (κ1) is 24.4. The summed E-state index contributed by atoms with van der Waals surface area (Å²) in [6, 6.07) is 9.13. The zero-order valence-electron chi connectivity index (χ0n) is 19.2. The predicted molar refractivity (Wildman–Crippen MR) is 124 cm³/mol. The zero-order valence-corrected chi connectivity index (χ0v) is 19.2. The fourth-order valence-electron chi connectivity index (χ4n) is 4.41. The van der Waals surface area contributed by atoms with Gasteiger partial charge in [-0.05, 0) is 62.0 Å². The average molecular weight is 415 g/mol. The number of amides is 2. The SMILES string of the molecule is CCCCCCCC(=O)NNC(=O)C1CCC(c2ccc(CCCCC)cc2)CC1. The van der Waals surface area contributed by atoms with Crippen LogP contribution in [-0.2, 0) is 16.0 Å². The second-order valence-corrected chi connectivity index (χ2v) is 8.95. The topological polar surface area (TPSA) is 58.2 Å². The normalized spacial score (nSPS) is 18.7. The van der Waals surface area contributed by atoms with E-state index in [9.17, 15) is 9.59 Å². The van der Waals surface area contributed by atoms with Crippen LogP contribution in [0.25, 0.3) is 0 Å². The second kappa shape index (κ2) is 14.2. The highest BCUT2D eigenvalue weighted by atomic mass is 16.2. The molecule has 0 heterocycles. The van der Waals surface area contributed by atoms with E-state index in [0.717, 1.165) is 38.5 Å². The molecule has 1 aliphatic carbocycles. The van der Waals surface area contributed by atoms with Gasteiger partial charge in [-0.3, -0.25) is 20.4 Å². The van der Waals surface area contributed by atoms with Crippen LogP contribution in [-0.4, -0.2) is 11.8 Å². The standard InChI is InChI=1S/C26H42N2O2/c1-3-5-7-8-10-12-25(29)27-28-26(30)24-19-17-23(18-20-24)22-15-13-21(14-16-22)11-9-6-4-2/h13-16,23-24H,3-12,17-20H2,1-2H3,(H,27,29)(H,28,30). The predicted octanol–water partition coefficient (Wildman–Crippen LogP) is 6.20. The summed E-state index contributed by atoms with van der Waals surface area (Å²) < 4.78 is 0. The van der Waals surface area contributed by atoms with Gasteiger partial charge in [0.05, 0.1) is 0 Å². The van der Waals surface area contributed by atoms with Gasteiger partial charge in [0.2, 0.25) is 11.8 Å². The highest BCUT2D eigenvalue weighted by Crippen LogP contribution is 2.35. The maximum absolute atomic E-state index is 12.4. The minimum Gasteiger partial charge on any atom is -0.273 e. The molecule has 0 bridgehead atoms. The minimum absolute atomic E-state index is 0.0134. The first-order chi connectivity index (χ1) is 14.6. The molecular formula is C26H42N2O2. The number of carbonyl (C=O) groups excluding carboxylic acids is 2. The van der Waals surface area contributed by atoms with Gasteiger partial charge in [0.1, 0.15) is 0 Å². The Morgan fingerprint density at radius 3 is 2.10 bits per heavy atom. The van der Waals surface area contributed by atoms with Gasteiger partial charge in [-0.25, -0.2) is 0 Å². The van der Waals surface area contributed by atoms with E-state index in [1.165, 1.54) is 56.1 Å². The Balaban J connectivity index is 1.64. The Morgan fingerprint density at radius 1 is 0.800 bits per heavy atom. The molecule has 1 aliphatic rings. The number of hydrogen-bond acceptors (Lipinski definition) is 2. The molecule has 2 rings (SSSR count). The summed E-state index contributed by atoms with van der Waals surface area (Å²) in [5, 5.41) is 0. The fourth-order valence-corrected chi connectivity index (χ4v) is 4.41. The summed E-state index contributed by atoms with van der Waals surface area (Å²) in [7, 11) is 0. The van der Waals surface area contributed by atoms with Gasteiger partial charge in [-0.1, -0.05) is 76.6 Å². The van der Waals surface area contributed by atoms with E-state index in [2.05, 4.69) is 49.0 Å². The molecule has 2 amide bonds. The summed E-state index contributed by atoms with van der Waals surface area (Å²) in [6.45, 7) is 4.42. The van der Waals surface area contributed by atoms with Crippen molar-refractivity contribution in [2.75, 3.05) is 0 Å². The van der Waals surface area contributed by atoms with Crippen molar-refractivity contribution in [3.63, 3.8) is 0 Å². The third-order valence-corrected chi connectivity index (χ3v) is 6.45. The van der Waals surface area contributed by atoms with E-state index in [4.69, 9.17) is 0 Å². The summed E-state index contributed by atoms with van der Waals surface area (Å²) in [4.78, 5) is 24.3.